The average Bonchev–Trinajstić information content (AvgIpc) is 2.94. The molecular weight excluding hydrogens is 282 g/mol. The van der Waals surface area contributed by atoms with Gasteiger partial charge in [-0.3, -0.25) is 0 Å². The third-order valence-corrected chi connectivity index (χ3v) is 5.85. The highest BCUT2D eigenvalue weighted by atomic mass is 32.2. The van der Waals surface area contributed by atoms with Crippen LogP contribution >= 0.6 is 11.8 Å². The van der Waals surface area contributed by atoms with Crippen LogP contribution in [0, 0.1) is 6.92 Å². The maximum Gasteiger partial charge on any atom is 0.122 e. The molecule has 2 aliphatic heterocycles. The Hall–Kier alpha value is -0.710. The molecule has 3 rings (SSSR count). The van der Waals surface area contributed by atoms with Gasteiger partial charge in [-0.2, -0.15) is 11.8 Å². The lowest BCUT2D eigenvalue weighted by molar-refractivity contribution is -0.0703. The van der Waals surface area contributed by atoms with E-state index in [9.17, 15) is 0 Å². The molecule has 2 saturated heterocycles. The normalized spacial score (nSPS) is 29.0. The molecule has 1 aromatic carbocycles. The van der Waals surface area contributed by atoms with Gasteiger partial charge in [0.1, 0.15) is 5.75 Å². The number of hydrogen-bond acceptors (Lipinski definition) is 4. The van der Waals surface area contributed by atoms with Gasteiger partial charge in [0.15, 0.2) is 0 Å². The van der Waals surface area contributed by atoms with E-state index >= 15 is 0 Å². The first-order chi connectivity index (χ1) is 10.2. The fourth-order valence-corrected chi connectivity index (χ4v) is 4.68. The Kier molecular flexibility index (Phi) is 4.77. The van der Waals surface area contributed by atoms with Crippen LogP contribution < -0.4 is 10.1 Å². The molecule has 1 aromatic rings. The van der Waals surface area contributed by atoms with Gasteiger partial charge in [-0.05, 0) is 49.1 Å². The highest BCUT2D eigenvalue weighted by Crippen LogP contribution is 2.38. The van der Waals surface area contributed by atoms with E-state index in [0.29, 0.717) is 6.04 Å². The number of ether oxygens (including phenoxy) is 2. The van der Waals surface area contributed by atoms with Crippen LogP contribution in [-0.2, 0) is 11.3 Å². The topological polar surface area (TPSA) is 30.5 Å². The minimum Gasteiger partial charge on any atom is -0.496 e. The number of methoxy groups -OCH3 is 1. The van der Waals surface area contributed by atoms with E-state index in [1.807, 2.05) is 11.8 Å². The first kappa shape index (κ1) is 15.2. The quantitative estimate of drug-likeness (QED) is 0.925. The molecule has 0 aromatic heterocycles. The molecule has 1 N–H and O–H groups in total. The van der Waals surface area contributed by atoms with E-state index in [4.69, 9.17) is 9.47 Å². The summed E-state index contributed by atoms with van der Waals surface area (Å²) in [6.45, 7) is 3.88. The lowest BCUT2D eigenvalue weighted by Gasteiger charge is -2.38. The molecule has 2 fully saturated rings. The third-order valence-electron chi connectivity index (χ3n) is 4.63. The molecule has 0 radical (unpaired) electrons. The summed E-state index contributed by atoms with van der Waals surface area (Å²) in [4.78, 5) is 0. The van der Waals surface area contributed by atoms with E-state index in [1.54, 1.807) is 7.11 Å². The van der Waals surface area contributed by atoms with Gasteiger partial charge in [0.25, 0.3) is 0 Å². The standard InChI is InChI=1S/C17H25NO2S/c1-13-3-4-14(9-16(13)19-2)11-18-15-5-7-20-17(10-15)6-8-21-12-17/h3-4,9,15,18H,5-8,10-12H2,1-2H3/t15-,17-/m0/s1. The molecule has 2 atom stereocenters. The van der Waals surface area contributed by atoms with Crippen molar-refractivity contribution >= 4 is 11.8 Å². The summed E-state index contributed by atoms with van der Waals surface area (Å²) in [7, 11) is 1.74. The molecule has 0 unspecified atom stereocenters. The van der Waals surface area contributed by atoms with Crippen molar-refractivity contribution in [2.24, 2.45) is 0 Å². The number of aryl methyl sites for hydroxylation is 1. The van der Waals surface area contributed by atoms with Crippen LogP contribution in [0.25, 0.3) is 0 Å². The van der Waals surface area contributed by atoms with Crippen LogP contribution in [0.5, 0.6) is 5.75 Å². The molecule has 3 nitrogen and oxygen atoms in total. The van der Waals surface area contributed by atoms with Crippen molar-refractivity contribution < 1.29 is 9.47 Å². The summed E-state index contributed by atoms with van der Waals surface area (Å²) < 4.78 is 11.5. The molecule has 4 heteroatoms. The fraction of sp³-hybridized carbons (Fsp3) is 0.647. The molecule has 0 saturated carbocycles. The molecule has 2 aliphatic rings. The van der Waals surface area contributed by atoms with E-state index < -0.39 is 0 Å². The summed E-state index contributed by atoms with van der Waals surface area (Å²) in [6.07, 6.45) is 3.49. The van der Waals surface area contributed by atoms with E-state index in [1.165, 1.54) is 29.1 Å². The largest absolute Gasteiger partial charge is 0.496 e. The van der Waals surface area contributed by atoms with Crippen molar-refractivity contribution in [3.63, 3.8) is 0 Å². The summed E-state index contributed by atoms with van der Waals surface area (Å²) >= 11 is 2.03. The zero-order valence-electron chi connectivity index (χ0n) is 13.0. The fourth-order valence-electron chi connectivity index (χ4n) is 3.30. The maximum atomic E-state index is 6.08. The molecule has 1 spiro atoms. The molecule has 2 heterocycles. The second-order valence-corrected chi connectivity index (χ2v) is 7.31. The predicted molar refractivity (Wildman–Crippen MR) is 88.2 cm³/mol. The van der Waals surface area contributed by atoms with Gasteiger partial charge in [0.05, 0.1) is 12.7 Å². The average molecular weight is 307 g/mol. The number of benzene rings is 1. The Bertz CT molecular complexity index is 486. The summed E-state index contributed by atoms with van der Waals surface area (Å²) in [5, 5.41) is 3.72. The van der Waals surface area contributed by atoms with Crippen molar-refractivity contribution in [3.05, 3.63) is 29.3 Å². The Labute approximate surface area is 131 Å². The molecule has 0 bridgehead atoms. The van der Waals surface area contributed by atoms with Gasteiger partial charge in [-0.25, -0.2) is 0 Å². The van der Waals surface area contributed by atoms with E-state index in [-0.39, 0.29) is 5.60 Å². The highest BCUT2D eigenvalue weighted by molar-refractivity contribution is 7.99. The SMILES string of the molecule is COc1cc(CN[C@H]2CCO[C@@]3(CCSC3)C2)ccc1C. The third kappa shape index (κ3) is 3.55. The van der Waals surface area contributed by atoms with Crippen LogP contribution in [0.4, 0.5) is 0 Å². The second-order valence-electron chi connectivity index (χ2n) is 6.21. The lowest BCUT2D eigenvalue weighted by Crippen LogP contribution is -2.47. The van der Waals surface area contributed by atoms with Crippen molar-refractivity contribution in [1.29, 1.82) is 0 Å². The van der Waals surface area contributed by atoms with Crippen LogP contribution in [0.1, 0.15) is 30.4 Å². The van der Waals surface area contributed by atoms with Gasteiger partial charge in [0.2, 0.25) is 0 Å². The number of rotatable bonds is 4. The van der Waals surface area contributed by atoms with Crippen LogP contribution in [-0.4, -0.2) is 36.9 Å². The van der Waals surface area contributed by atoms with Gasteiger partial charge < -0.3 is 14.8 Å². The number of nitrogens with one attached hydrogen (secondary N) is 1. The van der Waals surface area contributed by atoms with Gasteiger partial charge in [-0.1, -0.05) is 12.1 Å². The van der Waals surface area contributed by atoms with Crippen molar-refractivity contribution in [3.8, 4) is 5.75 Å². The zero-order chi connectivity index (χ0) is 14.7. The zero-order valence-corrected chi connectivity index (χ0v) is 13.8. The summed E-state index contributed by atoms with van der Waals surface area (Å²) in [5.74, 6) is 3.40. The predicted octanol–water partition coefficient (Wildman–Crippen LogP) is 3.15. The van der Waals surface area contributed by atoms with E-state index in [0.717, 1.165) is 31.7 Å². The molecular formula is C17H25NO2S. The monoisotopic (exact) mass is 307 g/mol. The van der Waals surface area contributed by atoms with Crippen molar-refractivity contribution in [2.75, 3.05) is 25.2 Å². The van der Waals surface area contributed by atoms with E-state index in [2.05, 4.69) is 30.4 Å². The Morgan fingerprint density at radius 2 is 2.38 bits per heavy atom. The number of hydrogen-bond donors (Lipinski definition) is 1. The number of thioether (sulfide) groups is 1. The Morgan fingerprint density at radius 1 is 1.48 bits per heavy atom. The Balaban J connectivity index is 1.57. The summed E-state index contributed by atoms with van der Waals surface area (Å²) in [5.41, 5.74) is 2.64. The first-order valence-corrected chi connectivity index (χ1v) is 8.95. The second kappa shape index (κ2) is 6.59. The maximum absolute atomic E-state index is 6.08. The van der Waals surface area contributed by atoms with Crippen LogP contribution in [0.2, 0.25) is 0 Å². The lowest BCUT2D eigenvalue weighted by atomic mass is 9.90. The molecule has 116 valence electrons. The molecule has 0 aliphatic carbocycles. The minimum absolute atomic E-state index is 0.158. The summed E-state index contributed by atoms with van der Waals surface area (Å²) in [6, 6.07) is 7.04. The van der Waals surface area contributed by atoms with Gasteiger partial charge in [-0.15, -0.1) is 0 Å². The molecule has 21 heavy (non-hydrogen) atoms. The van der Waals surface area contributed by atoms with Crippen LogP contribution in [0.15, 0.2) is 18.2 Å². The smallest absolute Gasteiger partial charge is 0.122 e. The highest BCUT2D eigenvalue weighted by Gasteiger charge is 2.40. The first-order valence-electron chi connectivity index (χ1n) is 7.79. The van der Waals surface area contributed by atoms with Gasteiger partial charge >= 0.3 is 0 Å². The minimum atomic E-state index is 0.158. The van der Waals surface area contributed by atoms with Crippen molar-refractivity contribution in [2.45, 2.75) is 44.4 Å². The van der Waals surface area contributed by atoms with Crippen molar-refractivity contribution in [1.82, 2.24) is 5.32 Å². The Morgan fingerprint density at radius 3 is 3.14 bits per heavy atom. The molecule has 0 amide bonds. The van der Waals surface area contributed by atoms with Crippen LogP contribution in [0.3, 0.4) is 0 Å². The van der Waals surface area contributed by atoms with Gasteiger partial charge in [0, 0.05) is 24.9 Å².